The third-order valence-electron chi connectivity index (χ3n) is 4.76. The van der Waals surface area contributed by atoms with Crippen LogP contribution in [-0.4, -0.2) is 56.8 Å². The lowest BCUT2D eigenvalue weighted by Crippen LogP contribution is -2.60. The lowest BCUT2D eigenvalue weighted by molar-refractivity contribution is -0.159. The van der Waals surface area contributed by atoms with Gasteiger partial charge in [-0.2, -0.15) is 0 Å². The van der Waals surface area contributed by atoms with Crippen molar-refractivity contribution >= 4 is 41.0 Å². The summed E-state index contributed by atoms with van der Waals surface area (Å²) in [6.07, 6.45) is 3.15. The number of piperazine rings is 1. The lowest BCUT2D eigenvalue weighted by atomic mass is 10.0. The molecule has 0 bridgehead atoms. The van der Waals surface area contributed by atoms with Crippen LogP contribution in [-0.2, 0) is 27.3 Å². The third kappa shape index (κ3) is 5.25. The molecule has 2 amide bonds. The van der Waals surface area contributed by atoms with Gasteiger partial charge in [-0.25, -0.2) is 0 Å². The number of hydrogen-bond acceptors (Lipinski definition) is 4. The van der Waals surface area contributed by atoms with Crippen LogP contribution in [0.5, 0.6) is 0 Å². The molecule has 0 saturated carbocycles. The molecule has 1 unspecified atom stereocenters. The summed E-state index contributed by atoms with van der Waals surface area (Å²) >= 11 is 12.1. The number of carboxylic acid groups (broad SMARTS) is 1. The molecule has 1 aromatic heterocycles. The first kappa shape index (κ1) is 21.1. The fourth-order valence-corrected chi connectivity index (χ4v) is 3.77. The van der Waals surface area contributed by atoms with Crippen molar-refractivity contribution in [3.05, 3.63) is 63.9 Å². The zero-order valence-corrected chi connectivity index (χ0v) is 16.9. The molecule has 3 rings (SSSR count). The molecule has 152 valence electrons. The molecule has 7 nitrogen and oxygen atoms in total. The Labute approximate surface area is 177 Å². The highest BCUT2D eigenvalue weighted by atomic mass is 35.5. The van der Waals surface area contributed by atoms with E-state index in [4.69, 9.17) is 23.2 Å². The molecular formula is C20H19Cl2N3O4. The number of pyridine rings is 1. The smallest absolute Gasteiger partial charge is 0.305 e. The molecular weight excluding hydrogens is 417 g/mol. The molecule has 1 atom stereocenters. The van der Waals surface area contributed by atoms with Crippen molar-refractivity contribution in [3.8, 4) is 0 Å². The minimum atomic E-state index is -1.14. The standard InChI is InChI=1S/C20H19Cl2N3O4/c21-15-2-1-14(16(22)9-15)5-8-24-12-18(26)25(11-13-3-6-23-7-4-13)17(20(24)29)10-19(27)28/h1-4,6-7,9,17H,5,8,10-12H2,(H,27,28). The Morgan fingerprint density at radius 2 is 1.90 bits per heavy atom. The van der Waals surface area contributed by atoms with Gasteiger partial charge in [-0.1, -0.05) is 29.3 Å². The number of aromatic nitrogens is 1. The van der Waals surface area contributed by atoms with Gasteiger partial charge in [0.2, 0.25) is 11.8 Å². The van der Waals surface area contributed by atoms with E-state index in [9.17, 15) is 19.5 Å². The summed E-state index contributed by atoms with van der Waals surface area (Å²) in [7, 11) is 0. The summed E-state index contributed by atoms with van der Waals surface area (Å²) in [5.74, 6) is -1.82. The van der Waals surface area contributed by atoms with E-state index < -0.39 is 18.4 Å². The number of carbonyl (C=O) groups is 3. The van der Waals surface area contributed by atoms with Gasteiger partial charge in [-0.3, -0.25) is 19.4 Å². The Bertz CT molecular complexity index is 923. The fourth-order valence-electron chi connectivity index (χ4n) is 3.27. The lowest BCUT2D eigenvalue weighted by Gasteiger charge is -2.40. The second kappa shape index (κ2) is 9.24. The van der Waals surface area contributed by atoms with E-state index in [0.29, 0.717) is 16.5 Å². The van der Waals surface area contributed by atoms with Crippen molar-refractivity contribution in [1.82, 2.24) is 14.8 Å². The van der Waals surface area contributed by atoms with Crippen LogP contribution in [0.15, 0.2) is 42.7 Å². The summed E-state index contributed by atoms with van der Waals surface area (Å²) in [4.78, 5) is 43.7. The molecule has 1 N–H and O–H groups in total. The van der Waals surface area contributed by atoms with Crippen LogP contribution in [0.4, 0.5) is 0 Å². The van der Waals surface area contributed by atoms with Crippen LogP contribution >= 0.6 is 23.2 Å². The number of carboxylic acids is 1. The molecule has 9 heteroatoms. The largest absolute Gasteiger partial charge is 0.481 e. The second-order valence-corrected chi connectivity index (χ2v) is 7.58. The Morgan fingerprint density at radius 1 is 1.17 bits per heavy atom. The van der Waals surface area contributed by atoms with E-state index in [2.05, 4.69) is 4.98 Å². The highest BCUT2D eigenvalue weighted by molar-refractivity contribution is 6.35. The van der Waals surface area contributed by atoms with Gasteiger partial charge < -0.3 is 14.9 Å². The molecule has 1 fully saturated rings. The first-order valence-electron chi connectivity index (χ1n) is 8.98. The van der Waals surface area contributed by atoms with Crippen molar-refractivity contribution in [1.29, 1.82) is 0 Å². The van der Waals surface area contributed by atoms with Gasteiger partial charge in [0, 0.05) is 35.5 Å². The van der Waals surface area contributed by atoms with Crippen LogP contribution in [0.1, 0.15) is 17.5 Å². The molecule has 1 saturated heterocycles. The van der Waals surface area contributed by atoms with Crippen molar-refractivity contribution in [2.75, 3.05) is 13.1 Å². The molecule has 1 aliphatic rings. The van der Waals surface area contributed by atoms with E-state index >= 15 is 0 Å². The number of hydrogen-bond donors (Lipinski definition) is 1. The van der Waals surface area contributed by atoms with Crippen LogP contribution in [0.2, 0.25) is 10.0 Å². The van der Waals surface area contributed by atoms with Gasteiger partial charge in [0.05, 0.1) is 13.0 Å². The summed E-state index contributed by atoms with van der Waals surface area (Å²) in [6, 6.07) is 7.49. The highest BCUT2D eigenvalue weighted by Crippen LogP contribution is 2.23. The average Bonchev–Trinajstić information content (AvgIpc) is 2.68. The topological polar surface area (TPSA) is 90.8 Å². The van der Waals surface area contributed by atoms with Crippen molar-refractivity contribution in [3.63, 3.8) is 0 Å². The van der Waals surface area contributed by atoms with Crippen LogP contribution in [0.3, 0.4) is 0 Å². The molecule has 0 radical (unpaired) electrons. The van der Waals surface area contributed by atoms with E-state index in [1.807, 2.05) is 0 Å². The quantitative estimate of drug-likeness (QED) is 0.721. The molecule has 2 aromatic rings. The zero-order chi connectivity index (χ0) is 21.0. The summed E-state index contributed by atoms with van der Waals surface area (Å²) in [6.45, 7) is 0.304. The first-order valence-corrected chi connectivity index (χ1v) is 9.73. The fraction of sp³-hybridized carbons (Fsp3) is 0.300. The predicted octanol–water partition coefficient (Wildman–Crippen LogP) is 2.65. The molecule has 1 aromatic carbocycles. The van der Waals surface area contributed by atoms with E-state index in [1.54, 1.807) is 42.7 Å². The number of benzene rings is 1. The average molecular weight is 436 g/mol. The molecule has 2 heterocycles. The normalized spacial score (nSPS) is 17.0. The van der Waals surface area contributed by atoms with Crippen molar-refractivity contribution in [2.24, 2.45) is 0 Å². The maximum Gasteiger partial charge on any atom is 0.305 e. The predicted molar refractivity (Wildman–Crippen MR) is 108 cm³/mol. The molecule has 0 spiro atoms. The van der Waals surface area contributed by atoms with Gasteiger partial charge in [0.1, 0.15) is 6.04 Å². The summed E-state index contributed by atoms with van der Waals surface area (Å²) < 4.78 is 0. The van der Waals surface area contributed by atoms with Crippen molar-refractivity contribution in [2.45, 2.75) is 25.4 Å². The minimum Gasteiger partial charge on any atom is -0.481 e. The number of nitrogens with zero attached hydrogens (tertiary/aromatic N) is 3. The number of amides is 2. The first-order chi connectivity index (χ1) is 13.8. The van der Waals surface area contributed by atoms with Gasteiger partial charge in [0.25, 0.3) is 0 Å². The molecule has 0 aliphatic carbocycles. The molecule has 29 heavy (non-hydrogen) atoms. The number of aliphatic carboxylic acids is 1. The van der Waals surface area contributed by atoms with Gasteiger partial charge in [-0.15, -0.1) is 0 Å². The van der Waals surface area contributed by atoms with Crippen molar-refractivity contribution < 1.29 is 19.5 Å². The number of carbonyl (C=O) groups excluding carboxylic acids is 2. The summed E-state index contributed by atoms with van der Waals surface area (Å²) in [5.41, 5.74) is 1.57. The number of halogens is 2. The molecule has 1 aliphatic heterocycles. The maximum atomic E-state index is 13.0. The van der Waals surface area contributed by atoms with E-state index in [1.165, 1.54) is 9.80 Å². The van der Waals surface area contributed by atoms with Gasteiger partial charge in [-0.05, 0) is 41.8 Å². The third-order valence-corrected chi connectivity index (χ3v) is 5.34. The Hall–Kier alpha value is -2.64. The van der Waals surface area contributed by atoms with E-state index in [0.717, 1.165) is 11.1 Å². The SMILES string of the molecule is O=C(O)CC1C(=O)N(CCc2ccc(Cl)cc2Cl)CC(=O)N1Cc1ccncc1. The zero-order valence-electron chi connectivity index (χ0n) is 15.4. The van der Waals surface area contributed by atoms with E-state index in [-0.39, 0.29) is 31.4 Å². The van der Waals surface area contributed by atoms with Crippen LogP contribution in [0, 0.1) is 0 Å². The minimum absolute atomic E-state index is 0.106. The highest BCUT2D eigenvalue weighted by Gasteiger charge is 2.40. The van der Waals surface area contributed by atoms with Crippen LogP contribution < -0.4 is 0 Å². The Morgan fingerprint density at radius 3 is 2.55 bits per heavy atom. The monoisotopic (exact) mass is 435 g/mol. The number of rotatable bonds is 7. The van der Waals surface area contributed by atoms with Gasteiger partial charge >= 0.3 is 5.97 Å². The Balaban J connectivity index is 1.75. The van der Waals surface area contributed by atoms with Gasteiger partial charge in [0.15, 0.2) is 0 Å². The second-order valence-electron chi connectivity index (χ2n) is 6.74. The maximum absolute atomic E-state index is 13.0. The summed E-state index contributed by atoms with van der Waals surface area (Å²) in [5, 5.41) is 10.3. The van der Waals surface area contributed by atoms with Crippen LogP contribution in [0.25, 0.3) is 0 Å². The Kier molecular flexibility index (Phi) is 6.71.